The lowest BCUT2D eigenvalue weighted by molar-refractivity contribution is -0.153. The fraction of sp³-hybridized carbons (Fsp3) is 0.303. The number of hydrogen-bond donors (Lipinski definition) is 2. The molecule has 41 heavy (non-hydrogen) atoms. The SMILES string of the molecule is C=Cc1ccc(NC(=O)c2cccc(-c3cc(F)cc(CNC(=O)OC(C)(C)C)c3)c2)c(CC(=O)OC(C)(C)C)c1. The Labute approximate surface area is 240 Å². The smallest absolute Gasteiger partial charge is 0.407 e. The van der Waals surface area contributed by atoms with Crippen LogP contribution in [-0.4, -0.2) is 29.2 Å². The van der Waals surface area contributed by atoms with Crippen LogP contribution in [0.25, 0.3) is 17.2 Å². The van der Waals surface area contributed by atoms with Crippen molar-refractivity contribution in [2.75, 3.05) is 5.32 Å². The summed E-state index contributed by atoms with van der Waals surface area (Å²) in [5, 5.41) is 5.51. The van der Waals surface area contributed by atoms with E-state index in [-0.39, 0.29) is 13.0 Å². The van der Waals surface area contributed by atoms with Gasteiger partial charge in [0, 0.05) is 17.8 Å². The number of benzene rings is 3. The number of carbonyl (C=O) groups is 3. The predicted molar refractivity (Wildman–Crippen MR) is 159 cm³/mol. The Hall–Kier alpha value is -4.46. The summed E-state index contributed by atoms with van der Waals surface area (Å²) in [5.41, 5.74) is 2.61. The molecular formula is C33H37FN2O5. The molecule has 2 amide bonds. The molecule has 0 saturated carbocycles. The number of hydrogen-bond acceptors (Lipinski definition) is 5. The quantitative estimate of drug-likeness (QED) is 0.282. The summed E-state index contributed by atoms with van der Waals surface area (Å²) in [6, 6.07) is 16.5. The Morgan fingerprint density at radius 1 is 0.878 bits per heavy atom. The Morgan fingerprint density at radius 2 is 1.59 bits per heavy atom. The van der Waals surface area contributed by atoms with Gasteiger partial charge in [-0.15, -0.1) is 0 Å². The van der Waals surface area contributed by atoms with E-state index in [2.05, 4.69) is 17.2 Å². The summed E-state index contributed by atoms with van der Waals surface area (Å²) >= 11 is 0. The monoisotopic (exact) mass is 560 g/mol. The van der Waals surface area contributed by atoms with Gasteiger partial charge >= 0.3 is 12.1 Å². The van der Waals surface area contributed by atoms with Crippen LogP contribution in [-0.2, 0) is 27.2 Å². The van der Waals surface area contributed by atoms with Gasteiger partial charge in [-0.2, -0.15) is 0 Å². The highest BCUT2D eigenvalue weighted by atomic mass is 19.1. The zero-order chi connectivity index (χ0) is 30.4. The number of alkyl carbamates (subject to hydrolysis) is 1. The van der Waals surface area contributed by atoms with E-state index in [0.717, 1.165) is 5.56 Å². The van der Waals surface area contributed by atoms with Gasteiger partial charge in [-0.25, -0.2) is 9.18 Å². The first kappa shape index (κ1) is 31.1. The van der Waals surface area contributed by atoms with Crippen LogP contribution in [0.3, 0.4) is 0 Å². The predicted octanol–water partition coefficient (Wildman–Crippen LogP) is 7.30. The summed E-state index contributed by atoms with van der Waals surface area (Å²) in [7, 11) is 0. The van der Waals surface area contributed by atoms with Crippen molar-refractivity contribution in [3.63, 3.8) is 0 Å². The van der Waals surface area contributed by atoms with E-state index in [4.69, 9.17) is 9.47 Å². The summed E-state index contributed by atoms with van der Waals surface area (Å²) in [6.07, 6.45) is 1.02. The molecule has 0 unspecified atom stereocenters. The van der Waals surface area contributed by atoms with Crippen molar-refractivity contribution >= 4 is 29.7 Å². The van der Waals surface area contributed by atoms with Crippen LogP contribution in [0.1, 0.15) is 68.6 Å². The van der Waals surface area contributed by atoms with Crippen LogP contribution >= 0.6 is 0 Å². The van der Waals surface area contributed by atoms with Gasteiger partial charge in [0.05, 0.1) is 6.42 Å². The zero-order valence-electron chi connectivity index (χ0n) is 24.4. The Morgan fingerprint density at radius 3 is 2.24 bits per heavy atom. The second-order valence-corrected chi connectivity index (χ2v) is 11.6. The maximum absolute atomic E-state index is 14.5. The van der Waals surface area contributed by atoms with Crippen LogP contribution in [0.4, 0.5) is 14.9 Å². The van der Waals surface area contributed by atoms with Gasteiger partial charge in [-0.05, 0) is 112 Å². The molecule has 2 N–H and O–H groups in total. The molecule has 0 radical (unpaired) electrons. The molecule has 7 nitrogen and oxygen atoms in total. The minimum absolute atomic E-state index is 0.0298. The molecule has 3 aromatic carbocycles. The summed E-state index contributed by atoms with van der Waals surface area (Å²) < 4.78 is 25.2. The standard InChI is InChI=1S/C33H37FN2O5/c1-8-21-12-13-28(26(14-21)19-29(37)40-32(2,3)4)36-30(38)24-11-9-10-23(17-24)25-15-22(16-27(34)18-25)20-35-31(39)41-33(5,6)7/h8-18H,1,19-20H2,2-7H3,(H,35,39)(H,36,38). The van der Waals surface area contributed by atoms with Crippen molar-refractivity contribution in [3.05, 3.63) is 95.3 Å². The lowest BCUT2D eigenvalue weighted by atomic mass is 10.00. The average Bonchev–Trinajstić information content (AvgIpc) is 2.86. The van der Waals surface area contributed by atoms with E-state index in [1.54, 1.807) is 96.1 Å². The second-order valence-electron chi connectivity index (χ2n) is 11.6. The van der Waals surface area contributed by atoms with E-state index in [1.807, 2.05) is 0 Å². The Balaban J connectivity index is 1.81. The molecule has 0 fully saturated rings. The third kappa shape index (κ3) is 9.90. The topological polar surface area (TPSA) is 93.7 Å². The number of halogens is 1. The van der Waals surface area contributed by atoms with E-state index in [9.17, 15) is 18.8 Å². The molecule has 216 valence electrons. The van der Waals surface area contributed by atoms with E-state index in [0.29, 0.717) is 33.5 Å². The minimum Gasteiger partial charge on any atom is -0.460 e. The van der Waals surface area contributed by atoms with Crippen molar-refractivity contribution in [1.29, 1.82) is 0 Å². The maximum atomic E-state index is 14.5. The largest absolute Gasteiger partial charge is 0.460 e. The number of rotatable bonds is 8. The first-order chi connectivity index (χ1) is 19.1. The Kier molecular flexibility index (Phi) is 9.71. The van der Waals surface area contributed by atoms with Gasteiger partial charge in [0.15, 0.2) is 0 Å². The fourth-order valence-corrected chi connectivity index (χ4v) is 3.98. The lowest BCUT2D eigenvalue weighted by Gasteiger charge is -2.20. The highest BCUT2D eigenvalue weighted by Crippen LogP contribution is 2.25. The van der Waals surface area contributed by atoms with Gasteiger partial charge in [-0.1, -0.05) is 30.9 Å². The second kappa shape index (κ2) is 12.8. The fourth-order valence-electron chi connectivity index (χ4n) is 3.98. The van der Waals surface area contributed by atoms with Gasteiger partial charge in [0.2, 0.25) is 0 Å². The molecule has 0 spiro atoms. The highest BCUT2D eigenvalue weighted by molar-refractivity contribution is 6.05. The van der Waals surface area contributed by atoms with Crippen LogP contribution < -0.4 is 10.6 Å². The minimum atomic E-state index is -0.650. The molecule has 3 rings (SSSR count). The number of carbonyl (C=O) groups excluding carboxylic acids is 3. The molecule has 0 aliphatic rings. The summed E-state index contributed by atoms with van der Waals surface area (Å²) in [4.78, 5) is 37.8. The molecular weight excluding hydrogens is 523 g/mol. The van der Waals surface area contributed by atoms with E-state index < -0.39 is 35.0 Å². The van der Waals surface area contributed by atoms with Crippen molar-refractivity contribution < 1.29 is 28.2 Å². The third-order valence-electron chi connectivity index (χ3n) is 5.62. The van der Waals surface area contributed by atoms with Crippen molar-refractivity contribution in [3.8, 4) is 11.1 Å². The molecule has 0 aliphatic carbocycles. The number of esters is 1. The van der Waals surface area contributed by atoms with Crippen LogP contribution in [0.5, 0.6) is 0 Å². The maximum Gasteiger partial charge on any atom is 0.407 e. The number of ether oxygens (including phenoxy) is 2. The van der Waals surface area contributed by atoms with Crippen LogP contribution in [0.15, 0.2) is 67.2 Å². The van der Waals surface area contributed by atoms with Gasteiger partial charge in [0.25, 0.3) is 5.91 Å². The molecule has 0 aliphatic heterocycles. The summed E-state index contributed by atoms with van der Waals surface area (Å²) in [5.74, 6) is -1.29. The summed E-state index contributed by atoms with van der Waals surface area (Å²) in [6.45, 7) is 14.5. The number of anilines is 1. The van der Waals surface area contributed by atoms with Crippen LogP contribution in [0.2, 0.25) is 0 Å². The Bertz CT molecular complexity index is 1450. The molecule has 0 bridgehead atoms. The molecule has 3 aromatic rings. The van der Waals surface area contributed by atoms with Crippen molar-refractivity contribution in [1.82, 2.24) is 5.32 Å². The number of amides is 2. The highest BCUT2D eigenvalue weighted by Gasteiger charge is 2.19. The zero-order valence-corrected chi connectivity index (χ0v) is 24.4. The van der Waals surface area contributed by atoms with Gasteiger partial charge in [-0.3, -0.25) is 9.59 Å². The third-order valence-corrected chi connectivity index (χ3v) is 5.62. The van der Waals surface area contributed by atoms with E-state index >= 15 is 0 Å². The molecule has 0 atom stereocenters. The van der Waals surface area contributed by atoms with Crippen molar-refractivity contribution in [2.45, 2.75) is 65.7 Å². The molecule has 0 heterocycles. The lowest BCUT2D eigenvalue weighted by Crippen LogP contribution is -2.32. The average molecular weight is 561 g/mol. The van der Waals surface area contributed by atoms with Gasteiger partial charge in [0.1, 0.15) is 17.0 Å². The first-order valence-electron chi connectivity index (χ1n) is 13.3. The normalized spacial score (nSPS) is 11.4. The number of nitrogens with one attached hydrogen (secondary N) is 2. The van der Waals surface area contributed by atoms with Crippen LogP contribution in [0, 0.1) is 5.82 Å². The molecule has 0 aromatic heterocycles. The van der Waals surface area contributed by atoms with E-state index in [1.165, 1.54) is 12.1 Å². The van der Waals surface area contributed by atoms with Gasteiger partial charge < -0.3 is 20.1 Å². The molecule has 8 heteroatoms. The van der Waals surface area contributed by atoms with Crippen molar-refractivity contribution in [2.24, 2.45) is 0 Å². The molecule has 0 saturated heterocycles. The first-order valence-corrected chi connectivity index (χ1v) is 13.3.